The quantitative estimate of drug-likeness (QED) is 0.381. The molecule has 1 amide bonds. The molecule has 7 nitrogen and oxygen atoms in total. The summed E-state index contributed by atoms with van der Waals surface area (Å²) >= 11 is 1.18. The highest BCUT2D eigenvalue weighted by Gasteiger charge is 2.15. The molecule has 0 fully saturated rings. The number of hydrogen-bond donors (Lipinski definition) is 1. The maximum atomic E-state index is 13.1. The van der Waals surface area contributed by atoms with Crippen molar-refractivity contribution in [2.24, 2.45) is 0 Å². The van der Waals surface area contributed by atoms with Crippen molar-refractivity contribution in [1.82, 2.24) is 14.5 Å². The van der Waals surface area contributed by atoms with Crippen LogP contribution in [0.2, 0.25) is 0 Å². The van der Waals surface area contributed by atoms with Gasteiger partial charge < -0.3 is 10.1 Å². The Bertz CT molecular complexity index is 1260. The molecule has 4 rings (SSSR count). The molecule has 2 heterocycles. The van der Waals surface area contributed by atoms with Gasteiger partial charge in [-0.05, 0) is 36.4 Å². The first-order chi connectivity index (χ1) is 14.7. The van der Waals surface area contributed by atoms with Gasteiger partial charge in [0.1, 0.15) is 5.75 Å². The van der Waals surface area contributed by atoms with Gasteiger partial charge in [-0.15, -0.1) is 0 Å². The number of amides is 1. The molecule has 0 spiro atoms. The molecule has 0 bridgehead atoms. The van der Waals surface area contributed by atoms with Gasteiger partial charge in [0.2, 0.25) is 5.91 Å². The smallest absolute Gasteiger partial charge is 0.268 e. The van der Waals surface area contributed by atoms with Crippen LogP contribution in [-0.4, -0.2) is 33.3 Å². The lowest BCUT2D eigenvalue weighted by Gasteiger charge is -2.13. The van der Waals surface area contributed by atoms with Gasteiger partial charge in [0.15, 0.2) is 10.8 Å². The fraction of sp³-hybridized carbons (Fsp3) is 0.0909. The van der Waals surface area contributed by atoms with Crippen LogP contribution in [0.5, 0.6) is 5.75 Å². The summed E-state index contributed by atoms with van der Waals surface area (Å²) in [6, 6.07) is 19.7. The standard InChI is InChI=1S/C22H18N4O3S/c1-29-17-10-5-7-15(13-17)24-19(27)14-30-22-25-20-18(11-6-12-23-20)21(28)26(22)16-8-3-2-4-9-16/h2-13H,14H2,1H3,(H,24,27). The molecule has 30 heavy (non-hydrogen) atoms. The van der Waals surface area contributed by atoms with Crippen LogP contribution in [0.15, 0.2) is 82.9 Å². The van der Waals surface area contributed by atoms with Crippen LogP contribution in [-0.2, 0) is 4.79 Å². The molecule has 0 unspecified atom stereocenters. The van der Waals surface area contributed by atoms with Crippen molar-refractivity contribution in [3.63, 3.8) is 0 Å². The molecule has 2 aromatic carbocycles. The van der Waals surface area contributed by atoms with Gasteiger partial charge in [-0.2, -0.15) is 0 Å². The number of fused-ring (bicyclic) bond motifs is 1. The van der Waals surface area contributed by atoms with E-state index < -0.39 is 0 Å². The fourth-order valence-electron chi connectivity index (χ4n) is 2.93. The average Bonchev–Trinajstić information content (AvgIpc) is 2.78. The van der Waals surface area contributed by atoms with E-state index in [-0.39, 0.29) is 17.2 Å². The van der Waals surface area contributed by atoms with Crippen molar-refractivity contribution < 1.29 is 9.53 Å². The summed E-state index contributed by atoms with van der Waals surface area (Å²) in [6.07, 6.45) is 1.59. The van der Waals surface area contributed by atoms with Crippen molar-refractivity contribution in [3.05, 3.63) is 83.3 Å². The van der Waals surface area contributed by atoms with E-state index in [4.69, 9.17) is 4.74 Å². The maximum Gasteiger partial charge on any atom is 0.268 e. The van der Waals surface area contributed by atoms with E-state index in [0.717, 1.165) is 0 Å². The second-order valence-corrected chi connectivity index (χ2v) is 7.26. The number of aromatic nitrogens is 3. The number of ether oxygens (including phenoxy) is 1. The summed E-state index contributed by atoms with van der Waals surface area (Å²) in [7, 11) is 1.57. The van der Waals surface area contributed by atoms with E-state index in [0.29, 0.717) is 33.3 Å². The zero-order chi connectivity index (χ0) is 20.9. The minimum Gasteiger partial charge on any atom is -0.497 e. The maximum absolute atomic E-state index is 13.1. The third kappa shape index (κ3) is 4.18. The minimum absolute atomic E-state index is 0.0782. The summed E-state index contributed by atoms with van der Waals surface area (Å²) in [4.78, 5) is 34.3. The fourth-order valence-corrected chi connectivity index (χ4v) is 3.73. The number of nitrogens with zero attached hydrogens (tertiary/aromatic N) is 3. The van der Waals surface area contributed by atoms with Crippen LogP contribution < -0.4 is 15.6 Å². The zero-order valence-electron chi connectivity index (χ0n) is 16.1. The second kappa shape index (κ2) is 8.79. The lowest BCUT2D eigenvalue weighted by molar-refractivity contribution is -0.113. The number of anilines is 1. The Morgan fingerprint density at radius 2 is 1.93 bits per heavy atom. The number of methoxy groups -OCH3 is 1. The zero-order valence-corrected chi connectivity index (χ0v) is 16.9. The van der Waals surface area contributed by atoms with Crippen LogP contribution in [0.4, 0.5) is 5.69 Å². The highest BCUT2D eigenvalue weighted by atomic mass is 32.2. The SMILES string of the molecule is COc1cccc(NC(=O)CSc2nc3ncccc3c(=O)n2-c2ccccc2)c1. The molecular formula is C22H18N4O3S. The molecule has 0 aliphatic heterocycles. The summed E-state index contributed by atoms with van der Waals surface area (Å²) in [5, 5.41) is 3.65. The van der Waals surface area contributed by atoms with Crippen LogP contribution in [0.3, 0.4) is 0 Å². The van der Waals surface area contributed by atoms with E-state index in [1.165, 1.54) is 16.3 Å². The first-order valence-corrected chi connectivity index (χ1v) is 10.1. The molecule has 0 aliphatic carbocycles. The highest BCUT2D eigenvalue weighted by Crippen LogP contribution is 2.22. The Morgan fingerprint density at radius 3 is 2.73 bits per heavy atom. The number of benzene rings is 2. The van der Waals surface area contributed by atoms with Crippen LogP contribution >= 0.6 is 11.8 Å². The molecule has 150 valence electrons. The number of rotatable bonds is 6. The number of carbonyl (C=O) groups is 1. The number of para-hydroxylation sites is 1. The topological polar surface area (TPSA) is 86.1 Å². The lowest BCUT2D eigenvalue weighted by Crippen LogP contribution is -2.23. The number of carbonyl (C=O) groups excluding carboxylic acids is 1. The van der Waals surface area contributed by atoms with Gasteiger partial charge in [-0.1, -0.05) is 36.0 Å². The van der Waals surface area contributed by atoms with Gasteiger partial charge in [-0.3, -0.25) is 14.2 Å². The van der Waals surface area contributed by atoms with Crippen molar-refractivity contribution in [3.8, 4) is 11.4 Å². The predicted molar refractivity (Wildman–Crippen MR) is 117 cm³/mol. The largest absolute Gasteiger partial charge is 0.497 e. The van der Waals surface area contributed by atoms with Gasteiger partial charge in [-0.25, -0.2) is 9.97 Å². The lowest BCUT2D eigenvalue weighted by atomic mass is 10.3. The third-order valence-corrected chi connectivity index (χ3v) is 5.25. The average molecular weight is 418 g/mol. The normalized spacial score (nSPS) is 10.7. The van der Waals surface area contributed by atoms with Crippen molar-refractivity contribution in [2.75, 3.05) is 18.2 Å². The third-order valence-electron chi connectivity index (χ3n) is 4.31. The minimum atomic E-state index is -0.227. The van der Waals surface area contributed by atoms with E-state index in [1.54, 1.807) is 49.7 Å². The van der Waals surface area contributed by atoms with Crippen molar-refractivity contribution in [2.45, 2.75) is 5.16 Å². The first kappa shape index (κ1) is 19.7. The summed E-state index contributed by atoms with van der Waals surface area (Å²) < 4.78 is 6.68. The molecule has 0 saturated heterocycles. The molecule has 4 aromatic rings. The molecule has 8 heteroatoms. The molecule has 0 radical (unpaired) electrons. The number of hydrogen-bond acceptors (Lipinski definition) is 6. The van der Waals surface area contributed by atoms with Crippen molar-refractivity contribution >= 4 is 34.4 Å². The molecule has 0 aliphatic rings. The summed E-state index contributed by atoms with van der Waals surface area (Å²) in [6.45, 7) is 0. The Hall–Kier alpha value is -3.65. The number of pyridine rings is 1. The van der Waals surface area contributed by atoms with Gasteiger partial charge >= 0.3 is 0 Å². The van der Waals surface area contributed by atoms with Crippen LogP contribution in [0, 0.1) is 0 Å². The Morgan fingerprint density at radius 1 is 1.10 bits per heavy atom. The monoisotopic (exact) mass is 418 g/mol. The Balaban J connectivity index is 1.63. The van der Waals surface area contributed by atoms with Crippen LogP contribution in [0.25, 0.3) is 16.7 Å². The molecular weight excluding hydrogens is 400 g/mol. The molecule has 1 N–H and O–H groups in total. The summed E-state index contributed by atoms with van der Waals surface area (Å²) in [5.74, 6) is 0.512. The highest BCUT2D eigenvalue weighted by molar-refractivity contribution is 7.99. The van der Waals surface area contributed by atoms with Crippen LogP contribution in [0.1, 0.15) is 0 Å². The Kier molecular flexibility index (Phi) is 5.76. The van der Waals surface area contributed by atoms with E-state index in [1.807, 2.05) is 30.3 Å². The van der Waals surface area contributed by atoms with E-state index >= 15 is 0 Å². The number of nitrogens with one attached hydrogen (secondary N) is 1. The van der Waals surface area contributed by atoms with Gasteiger partial charge in [0.05, 0.1) is 23.9 Å². The first-order valence-electron chi connectivity index (χ1n) is 9.15. The second-order valence-electron chi connectivity index (χ2n) is 6.31. The van der Waals surface area contributed by atoms with Gasteiger partial charge in [0.25, 0.3) is 5.56 Å². The molecule has 2 aromatic heterocycles. The Labute approximate surface area is 176 Å². The predicted octanol–water partition coefficient (Wildman–Crippen LogP) is 3.52. The van der Waals surface area contributed by atoms with Gasteiger partial charge in [0, 0.05) is 18.0 Å². The number of thioether (sulfide) groups is 1. The van der Waals surface area contributed by atoms with E-state index in [2.05, 4.69) is 15.3 Å². The van der Waals surface area contributed by atoms with E-state index in [9.17, 15) is 9.59 Å². The summed E-state index contributed by atoms with van der Waals surface area (Å²) in [5.41, 5.74) is 1.44. The molecule has 0 saturated carbocycles. The molecule has 0 atom stereocenters. The van der Waals surface area contributed by atoms with Crippen molar-refractivity contribution in [1.29, 1.82) is 0 Å².